The maximum Gasteiger partial charge on any atom is 0.366 e. The van der Waals surface area contributed by atoms with E-state index in [-0.39, 0.29) is 19.0 Å². The van der Waals surface area contributed by atoms with Crippen LogP contribution in [0.4, 0.5) is 0 Å². The lowest BCUT2D eigenvalue weighted by atomic mass is 10.3. The molecule has 2 atom stereocenters. The summed E-state index contributed by atoms with van der Waals surface area (Å²) < 4.78 is 10.6. The van der Waals surface area contributed by atoms with Crippen LogP contribution in [-0.4, -0.2) is 35.4 Å². The van der Waals surface area contributed by atoms with Gasteiger partial charge in [-0.25, -0.2) is 0 Å². The van der Waals surface area contributed by atoms with E-state index in [1.807, 2.05) is 0 Å². The van der Waals surface area contributed by atoms with Gasteiger partial charge in [-0.3, -0.25) is 0 Å². The van der Waals surface area contributed by atoms with Gasteiger partial charge >= 0.3 is 7.80 Å². The van der Waals surface area contributed by atoms with E-state index >= 15 is 0 Å². The molecule has 5 heteroatoms. The summed E-state index contributed by atoms with van der Waals surface area (Å²) >= 11 is 0. The second-order valence-electron chi connectivity index (χ2n) is 2.08. The van der Waals surface area contributed by atoms with Gasteiger partial charge in [0, 0.05) is 12.5 Å². The quantitative estimate of drug-likeness (QED) is 0.479. The molecule has 0 aliphatic heterocycles. The minimum Gasteiger partial charge on any atom is -0.395 e. The Balaban J connectivity index is 3.26. The van der Waals surface area contributed by atoms with Gasteiger partial charge in [0.25, 0.3) is 0 Å². The summed E-state index contributed by atoms with van der Waals surface area (Å²) in [4.78, 5) is 0. The predicted octanol–water partition coefficient (Wildman–Crippen LogP) is -0.527. The topological polar surface area (TPSA) is 83.5 Å². The van der Waals surface area contributed by atoms with Crippen molar-refractivity contribution in [2.75, 3.05) is 19.1 Å². The maximum atomic E-state index is 10.6. The first-order valence-electron chi connectivity index (χ1n) is 3.10. The van der Waals surface area contributed by atoms with Crippen LogP contribution < -0.4 is 5.73 Å². The zero-order valence-corrected chi connectivity index (χ0v) is 6.63. The SMILES string of the molecule is NC(CO)CC[P+](=O)CO. The molecule has 0 radical (unpaired) electrons. The highest BCUT2D eigenvalue weighted by molar-refractivity contribution is 7.44. The lowest BCUT2D eigenvalue weighted by Gasteiger charge is -2.00. The second-order valence-corrected chi connectivity index (χ2v) is 3.77. The van der Waals surface area contributed by atoms with Crippen LogP contribution in [0.15, 0.2) is 0 Å². The van der Waals surface area contributed by atoms with Gasteiger partial charge in [-0.2, -0.15) is 0 Å². The van der Waals surface area contributed by atoms with Crippen LogP contribution in [0.5, 0.6) is 0 Å². The summed E-state index contributed by atoms with van der Waals surface area (Å²) in [5, 5.41) is 16.8. The fourth-order valence-corrected chi connectivity index (χ4v) is 1.23. The highest BCUT2D eigenvalue weighted by Crippen LogP contribution is 2.19. The van der Waals surface area contributed by atoms with E-state index in [0.29, 0.717) is 12.6 Å². The smallest absolute Gasteiger partial charge is 0.366 e. The zero-order chi connectivity index (χ0) is 7.98. The Hall–Kier alpha value is -0.0200. The van der Waals surface area contributed by atoms with Crippen LogP contribution >= 0.6 is 7.80 Å². The molecule has 0 aromatic rings. The van der Waals surface area contributed by atoms with Crippen molar-refractivity contribution >= 4 is 7.80 Å². The Labute approximate surface area is 60.8 Å². The Morgan fingerprint density at radius 3 is 2.50 bits per heavy atom. The summed E-state index contributed by atoms with van der Waals surface area (Å²) in [6, 6.07) is -0.300. The standard InChI is InChI=1S/C5H13NO3P/c6-5(3-7)1-2-10(9)4-8/h5,7-8H,1-4,6H2/q+1. The summed E-state index contributed by atoms with van der Waals surface area (Å²) in [6.07, 6.45) is 0.618. The first kappa shape index (κ1) is 9.98. The lowest BCUT2D eigenvalue weighted by molar-refractivity contribution is 0.263. The van der Waals surface area contributed by atoms with Gasteiger partial charge in [0.05, 0.1) is 6.61 Å². The van der Waals surface area contributed by atoms with Crippen molar-refractivity contribution < 1.29 is 14.8 Å². The van der Waals surface area contributed by atoms with Gasteiger partial charge in [0.1, 0.15) is 6.16 Å². The van der Waals surface area contributed by atoms with Gasteiger partial charge in [0.2, 0.25) is 6.35 Å². The third-order valence-electron chi connectivity index (χ3n) is 1.14. The highest BCUT2D eigenvalue weighted by atomic mass is 31.1. The molecule has 0 aromatic carbocycles. The number of aliphatic hydroxyl groups excluding tert-OH is 2. The molecule has 0 aliphatic rings. The van der Waals surface area contributed by atoms with Gasteiger partial charge in [-0.05, 0) is 0 Å². The van der Waals surface area contributed by atoms with Crippen LogP contribution in [0.25, 0.3) is 0 Å². The van der Waals surface area contributed by atoms with Crippen LogP contribution in [-0.2, 0) is 4.57 Å². The van der Waals surface area contributed by atoms with Gasteiger partial charge in [0.15, 0.2) is 0 Å². The van der Waals surface area contributed by atoms with E-state index in [9.17, 15) is 4.57 Å². The van der Waals surface area contributed by atoms with Crippen molar-refractivity contribution in [2.45, 2.75) is 12.5 Å². The molecule has 4 nitrogen and oxygen atoms in total. The maximum absolute atomic E-state index is 10.6. The molecule has 0 aliphatic carbocycles. The largest absolute Gasteiger partial charge is 0.395 e. The molecule has 0 bridgehead atoms. The molecule has 0 saturated heterocycles. The van der Waals surface area contributed by atoms with E-state index in [4.69, 9.17) is 15.9 Å². The van der Waals surface area contributed by atoms with E-state index in [1.54, 1.807) is 0 Å². The minimum atomic E-state index is -1.50. The highest BCUT2D eigenvalue weighted by Gasteiger charge is 2.14. The van der Waals surface area contributed by atoms with E-state index in [1.165, 1.54) is 0 Å². The Morgan fingerprint density at radius 1 is 1.50 bits per heavy atom. The normalized spacial score (nSPS) is 14.9. The summed E-state index contributed by atoms with van der Waals surface area (Å²) in [5.41, 5.74) is 5.32. The van der Waals surface area contributed by atoms with E-state index in [0.717, 1.165) is 0 Å². The molecule has 2 unspecified atom stereocenters. The van der Waals surface area contributed by atoms with Crippen LogP contribution in [0.2, 0.25) is 0 Å². The minimum absolute atomic E-state index is 0.0887. The van der Waals surface area contributed by atoms with E-state index < -0.39 is 7.80 Å². The molecule has 0 spiro atoms. The fourth-order valence-electron chi connectivity index (χ4n) is 0.472. The third kappa shape index (κ3) is 4.82. The average molecular weight is 166 g/mol. The Bertz CT molecular complexity index is 109. The van der Waals surface area contributed by atoms with Crippen LogP contribution in [0, 0.1) is 0 Å². The predicted molar refractivity (Wildman–Crippen MR) is 39.2 cm³/mol. The fraction of sp³-hybridized carbons (Fsp3) is 1.00. The molecule has 10 heavy (non-hydrogen) atoms. The number of aliphatic hydroxyl groups is 2. The molecule has 0 saturated carbocycles. The molecule has 0 amide bonds. The number of hydrogen-bond donors (Lipinski definition) is 3. The summed E-state index contributed by atoms with van der Waals surface area (Å²) in [6.45, 7) is -0.0887. The molecular weight excluding hydrogens is 153 g/mol. The molecular formula is C5H13NO3P+. The van der Waals surface area contributed by atoms with Gasteiger partial charge in [-0.15, -0.1) is 0 Å². The monoisotopic (exact) mass is 166 g/mol. The van der Waals surface area contributed by atoms with Crippen molar-refractivity contribution in [1.29, 1.82) is 0 Å². The first-order chi connectivity index (χ1) is 4.70. The lowest BCUT2D eigenvalue weighted by Crippen LogP contribution is -2.24. The van der Waals surface area contributed by atoms with Crippen molar-refractivity contribution in [3.8, 4) is 0 Å². The average Bonchev–Trinajstić information content (AvgIpc) is 1.99. The number of rotatable bonds is 5. The summed E-state index contributed by atoms with van der Waals surface area (Å²) in [7, 11) is -1.50. The molecule has 0 rings (SSSR count). The molecule has 0 fully saturated rings. The zero-order valence-electron chi connectivity index (χ0n) is 5.73. The van der Waals surface area contributed by atoms with Gasteiger partial charge < -0.3 is 15.9 Å². The summed E-state index contributed by atoms with van der Waals surface area (Å²) in [5.74, 6) is 0. The van der Waals surface area contributed by atoms with E-state index in [2.05, 4.69) is 0 Å². The van der Waals surface area contributed by atoms with Crippen molar-refractivity contribution in [3.05, 3.63) is 0 Å². The number of nitrogens with two attached hydrogens (primary N) is 1. The second kappa shape index (κ2) is 5.74. The molecule has 4 N–H and O–H groups in total. The van der Waals surface area contributed by atoms with Crippen LogP contribution in [0.1, 0.15) is 6.42 Å². The van der Waals surface area contributed by atoms with Crippen molar-refractivity contribution in [2.24, 2.45) is 5.73 Å². The van der Waals surface area contributed by atoms with Crippen molar-refractivity contribution in [3.63, 3.8) is 0 Å². The third-order valence-corrected chi connectivity index (χ3v) is 2.21. The molecule has 0 aromatic heterocycles. The molecule has 60 valence electrons. The van der Waals surface area contributed by atoms with Crippen LogP contribution in [0.3, 0.4) is 0 Å². The Morgan fingerprint density at radius 2 is 2.10 bits per heavy atom. The Kier molecular flexibility index (Phi) is 5.73. The number of hydrogen-bond acceptors (Lipinski definition) is 4. The van der Waals surface area contributed by atoms with Crippen molar-refractivity contribution in [1.82, 2.24) is 0 Å². The first-order valence-corrected chi connectivity index (χ1v) is 4.73. The van der Waals surface area contributed by atoms with Gasteiger partial charge in [-0.1, -0.05) is 4.57 Å². The molecule has 0 heterocycles.